The van der Waals surface area contributed by atoms with E-state index in [0.717, 1.165) is 58.1 Å². The number of carbonyl (C=O) groups excluding carboxylic acids is 2. The number of ether oxygens (including phenoxy) is 2. The molecular formula is C36H42N8O4. The van der Waals surface area contributed by atoms with Crippen molar-refractivity contribution in [3.05, 3.63) is 83.7 Å². The molecule has 4 aromatic heterocycles. The summed E-state index contributed by atoms with van der Waals surface area (Å²) in [6.07, 6.45) is 9.23. The quantitative estimate of drug-likeness (QED) is 0.182. The zero-order valence-corrected chi connectivity index (χ0v) is 28.1. The molecule has 1 fully saturated rings. The molecule has 48 heavy (non-hydrogen) atoms. The molecule has 12 nitrogen and oxygen atoms in total. The van der Waals surface area contributed by atoms with Gasteiger partial charge in [0.2, 0.25) is 0 Å². The summed E-state index contributed by atoms with van der Waals surface area (Å²) in [5.41, 5.74) is 5.85. The number of H-pyrrole nitrogens is 1. The van der Waals surface area contributed by atoms with Gasteiger partial charge in [-0.05, 0) is 94.8 Å². The maximum absolute atomic E-state index is 13.0. The number of hydrogen-bond acceptors (Lipinski definition) is 8. The van der Waals surface area contributed by atoms with Gasteiger partial charge in [0.1, 0.15) is 17.0 Å². The molecule has 250 valence electrons. The fraction of sp³-hybridized carbons (Fsp3) is 0.389. The summed E-state index contributed by atoms with van der Waals surface area (Å²) in [4.78, 5) is 44.2. The van der Waals surface area contributed by atoms with Crippen LogP contribution in [0.4, 0.5) is 4.79 Å². The zero-order valence-electron chi connectivity index (χ0n) is 28.1. The topological polar surface area (TPSA) is 140 Å². The van der Waals surface area contributed by atoms with Crippen LogP contribution in [0.1, 0.15) is 80.5 Å². The van der Waals surface area contributed by atoms with Crippen molar-refractivity contribution in [1.82, 2.24) is 39.9 Å². The van der Waals surface area contributed by atoms with Crippen LogP contribution in [0.5, 0.6) is 0 Å². The van der Waals surface area contributed by atoms with Gasteiger partial charge < -0.3 is 24.7 Å². The molecule has 0 aliphatic carbocycles. The van der Waals surface area contributed by atoms with Gasteiger partial charge in [0, 0.05) is 42.7 Å². The lowest BCUT2D eigenvalue weighted by atomic mass is 9.97. The number of hydrogen-bond donors (Lipinski definition) is 2. The molecule has 5 heterocycles. The normalized spacial score (nSPS) is 15.0. The Morgan fingerprint density at radius 3 is 2.71 bits per heavy atom. The zero-order chi connectivity index (χ0) is 33.8. The van der Waals surface area contributed by atoms with Gasteiger partial charge in [-0.25, -0.2) is 14.5 Å². The van der Waals surface area contributed by atoms with E-state index in [2.05, 4.69) is 37.4 Å². The molecule has 5 aromatic rings. The lowest BCUT2D eigenvalue weighted by Gasteiger charge is -2.27. The summed E-state index contributed by atoms with van der Waals surface area (Å²) in [6.45, 7) is 11.4. The number of pyridine rings is 2. The van der Waals surface area contributed by atoms with Gasteiger partial charge in [-0.2, -0.15) is 5.10 Å². The van der Waals surface area contributed by atoms with E-state index in [9.17, 15) is 9.59 Å². The summed E-state index contributed by atoms with van der Waals surface area (Å²) in [5, 5.41) is 8.77. The molecule has 2 N–H and O–H groups in total. The van der Waals surface area contributed by atoms with Crippen molar-refractivity contribution in [2.45, 2.75) is 78.8 Å². The first kappa shape index (κ1) is 32.8. The number of amides is 2. The predicted molar refractivity (Wildman–Crippen MR) is 182 cm³/mol. The Labute approximate surface area is 279 Å². The maximum Gasteiger partial charge on any atom is 0.410 e. The second-order valence-corrected chi connectivity index (χ2v) is 13.0. The number of carbonyl (C=O) groups is 2. The van der Waals surface area contributed by atoms with E-state index in [1.807, 2.05) is 69.8 Å². The van der Waals surface area contributed by atoms with Crippen molar-refractivity contribution in [1.29, 1.82) is 0 Å². The predicted octanol–water partition coefficient (Wildman–Crippen LogP) is 6.58. The third kappa shape index (κ3) is 7.23. The first-order chi connectivity index (χ1) is 23.1. The average Bonchev–Trinajstić information content (AvgIpc) is 3.72. The smallest absolute Gasteiger partial charge is 0.410 e. The molecule has 6 rings (SSSR count). The molecule has 1 atom stereocenters. The summed E-state index contributed by atoms with van der Waals surface area (Å²) < 4.78 is 13.7. The molecule has 1 aliphatic rings. The molecule has 1 saturated heterocycles. The highest BCUT2D eigenvalue weighted by molar-refractivity contribution is 5.97. The second kappa shape index (κ2) is 13.9. The Morgan fingerprint density at radius 1 is 1.12 bits per heavy atom. The van der Waals surface area contributed by atoms with Gasteiger partial charge >= 0.3 is 6.09 Å². The highest BCUT2D eigenvalue weighted by Crippen LogP contribution is 2.35. The number of nitrogens with zero attached hydrogens (tertiary/aromatic N) is 6. The first-order valence-corrected chi connectivity index (χ1v) is 16.4. The average molecular weight is 651 g/mol. The van der Waals surface area contributed by atoms with Crippen molar-refractivity contribution in [3.63, 3.8) is 0 Å². The van der Waals surface area contributed by atoms with E-state index in [0.29, 0.717) is 43.5 Å². The van der Waals surface area contributed by atoms with E-state index in [1.165, 1.54) is 6.20 Å². The Bertz CT molecular complexity index is 1900. The van der Waals surface area contributed by atoms with E-state index in [1.54, 1.807) is 17.3 Å². The number of aromatic amines is 1. The Balaban J connectivity index is 1.34. The van der Waals surface area contributed by atoms with Crippen molar-refractivity contribution in [2.24, 2.45) is 0 Å². The third-order valence-corrected chi connectivity index (χ3v) is 8.36. The summed E-state index contributed by atoms with van der Waals surface area (Å²) in [6, 6.07) is 11.8. The lowest BCUT2D eigenvalue weighted by Crippen LogP contribution is -2.36. The second-order valence-electron chi connectivity index (χ2n) is 13.0. The lowest BCUT2D eigenvalue weighted by molar-refractivity contribution is -0.0365. The molecule has 0 bridgehead atoms. The largest absolute Gasteiger partial charge is 0.444 e. The Hall–Kier alpha value is -5.10. The summed E-state index contributed by atoms with van der Waals surface area (Å²) in [7, 11) is 0. The van der Waals surface area contributed by atoms with E-state index < -0.39 is 5.60 Å². The van der Waals surface area contributed by atoms with Crippen LogP contribution < -0.4 is 5.32 Å². The molecule has 0 saturated carbocycles. The number of rotatable bonds is 9. The summed E-state index contributed by atoms with van der Waals surface area (Å²) >= 11 is 0. The van der Waals surface area contributed by atoms with Gasteiger partial charge in [-0.1, -0.05) is 12.1 Å². The van der Waals surface area contributed by atoms with Crippen molar-refractivity contribution in [3.8, 4) is 22.6 Å². The number of fused-ring (bicyclic) bond motifs is 1. The van der Waals surface area contributed by atoms with Crippen LogP contribution in [-0.4, -0.2) is 65.4 Å². The standard InChI is InChI=1S/C36H42N8O4/c1-6-43(35(46)48-36(3,4)5)22-25-18-37-20-28(23(25)2)24-13-14-30-27(17-24)32(42-44(30)31-12-8-10-16-47-31)33-39-21-29(41-33)34(45)40-19-26-11-7-9-15-38-26/h7,9,11,13-15,17-18,20-21,31H,6,8,10,12,16,19,22H2,1-5H3,(H,39,41)(H,40,45). The van der Waals surface area contributed by atoms with E-state index in [4.69, 9.17) is 14.6 Å². The Morgan fingerprint density at radius 2 is 1.98 bits per heavy atom. The molecule has 0 spiro atoms. The SMILES string of the molecule is CCN(Cc1cncc(-c2ccc3c(c2)c(-c2ncc(C(=O)NCc4ccccn4)[nH]2)nn3C2CCCCO2)c1C)C(=O)OC(C)(C)C. The van der Waals surface area contributed by atoms with Gasteiger partial charge in [-0.3, -0.25) is 14.8 Å². The van der Waals surface area contributed by atoms with Crippen LogP contribution in [-0.2, 0) is 22.6 Å². The molecule has 0 radical (unpaired) electrons. The van der Waals surface area contributed by atoms with Crippen molar-refractivity contribution >= 4 is 22.9 Å². The van der Waals surface area contributed by atoms with Gasteiger partial charge in [-0.15, -0.1) is 0 Å². The molecule has 1 aliphatic heterocycles. The number of nitrogens with one attached hydrogen (secondary N) is 2. The maximum atomic E-state index is 13.0. The number of aromatic nitrogens is 6. The van der Waals surface area contributed by atoms with Crippen molar-refractivity contribution < 1.29 is 19.1 Å². The van der Waals surface area contributed by atoms with Crippen molar-refractivity contribution in [2.75, 3.05) is 13.2 Å². The highest BCUT2D eigenvalue weighted by Gasteiger charge is 2.25. The minimum absolute atomic E-state index is 0.198. The number of benzene rings is 1. The van der Waals surface area contributed by atoms with E-state index in [-0.39, 0.29) is 18.2 Å². The number of imidazole rings is 1. The fourth-order valence-corrected chi connectivity index (χ4v) is 5.80. The third-order valence-electron chi connectivity index (χ3n) is 8.36. The van der Waals surface area contributed by atoms with Crippen LogP contribution in [0, 0.1) is 6.92 Å². The minimum atomic E-state index is -0.585. The molecule has 1 unspecified atom stereocenters. The first-order valence-electron chi connectivity index (χ1n) is 16.4. The summed E-state index contributed by atoms with van der Waals surface area (Å²) in [5.74, 6) is 0.194. The van der Waals surface area contributed by atoms with E-state index >= 15 is 0 Å². The van der Waals surface area contributed by atoms with Crippen LogP contribution >= 0.6 is 0 Å². The molecule has 2 amide bonds. The molecule has 1 aromatic carbocycles. The van der Waals surface area contributed by atoms with Crippen LogP contribution in [0.25, 0.3) is 33.5 Å². The van der Waals surface area contributed by atoms with Gasteiger partial charge in [0.25, 0.3) is 5.91 Å². The molecular weight excluding hydrogens is 608 g/mol. The fourth-order valence-electron chi connectivity index (χ4n) is 5.80. The van der Waals surface area contributed by atoms with Crippen LogP contribution in [0.15, 0.2) is 61.2 Å². The van der Waals surface area contributed by atoms with Gasteiger partial charge in [0.05, 0.1) is 30.5 Å². The van der Waals surface area contributed by atoms with Crippen LogP contribution in [0.2, 0.25) is 0 Å². The minimum Gasteiger partial charge on any atom is -0.444 e. The molecule has 12 heteroatoms. The Kier molecular flexibility index (Phi) is 9.54. The van der Waals surface area contributed by atoms with Crippen LogP contribution in [0.3, 0.4) is 0 Å². The monoisotopic (exact) mass is 650 g/mol. The highest BCUT2D eigenvalue weighted by atomic mass is 16.6. The van der Waals surface area contributed by atoms with Gasteiger partial charge in [0.15, 0.2) is 12.1 Å².